The predicted octanol–water partition coefficient (Wildman–Crippen LogP) is 1.69. The molecule has 10 nitrogen and oxygen atoms in total. The number of aliphatic hydroxyl groups is 1. The quantitative estimate of drug-likeness (QED) is 0.614. The number of nitrogens with one attached hydrogen (secondary N) is 1. The van der Waals surface area contributed by atoms with E-state index < -0.39 is 6.10 Å². The van der Waals surface area contributed by atoms with Crippen LogP contribution in [0.4, 0.5) is 4.79 Å². The number of aromatic nitrogens is 2. The molecule has 3 aliphatic heterocycles. The third-order valence-corrected chi connectivity index (χ3v) is 7.63. The van der Waals surface area contributed by atoms with Crippen molar-refractivity contribution >= 4 is 17.6 Å². The van der Waals surface area contributed by atoms with Gasteiger partial charge in [-0.25, -0.2) is 9.78 Å². The van der Waals surface area contributed by atoms with Crippen molar-refractivity contribution in [1.29, 1.82) is 0 Å². The number of hydrogen-bond donors (Lipinski definition) is 3. The van der Waals surface area contributed by atoms with Gasteiger partial charge in [0, 0.05) is 36.5 Å². The van der Waals surface area contributed by atoms with Gasteiger partial charge in [0.2, 0.25) is 0 Å². The lowest BCUT2D eigenvalue weighted by Gasteiger charge is -2.32. The first-order valence-electron chi connectivity index (χ1n) is 12.2. The molecule has 10 heteroatoms. The van der Waals surface area contributed by atoms with E-state index in [9.17, 15) is 14.7 Å². The van der Waals surface area contributed by atoms with Gasteiger partial charge in [-0.05, 0) is 49.8 Å². The molecule has 3 atom stereocenters. The van der Waals surface area contributed by atoms with Crippen LogP contribution in [0.3, 0.4) is 0 Å². The molecule has 3 amide bonds. The fraction of sp³-hybridized carbons (Fsp3) is 0.480. The van der Waals surface area contributed by atoms with E-state index in [-0.39, 0.29) is 37.3 Å². The Balaban J connectivity index is 1.24. The van der Waals surface area contributed by atoms with Crippen LogP contribution in [0.15, 0.2) is 30.6 Å². The maximum absolute atomic E-state index is 13.0. The van der Waals surface area contributed by atoms with Crippen molar-refractivity contribution in [1.82, 2.24) is 24.7 Å². The van der Waals surface area contributed by atoms with Crippen LogP contribution in [0, 0.1) is 5.92 Å². The second-order valence-corrected chi connectivity index (χ2v) is 9.96. The maximum atomic E-state index is 13.0. The number of benzene rings is 1. The summed E-state index contributed by atoms with van der Waals surface area (Å²) in [6.45, 7) is 3.69. The van der Waals surface area contributed by atoms with Gasteiger partial charge in [-0.3, -0.25) is 9.69 Å². The molecule has 0 spiro atoms. The lowest BCUT2D eigenvalue weighted by molar-refractivity contribution is -0.0255. The van der Waals surface area contributed by atoms with Crippen LogP contribution in [-0.2, 0) is 18.0 Å². The number of imidazole rings is 1. The number of fused-ring (bicyclic) bond motifs is 2. The number of amides is 3. The van der Waals surface area contributed by atoms with Gasteiger partial charge >= 0.3 is 6.03 Å². The van der Waals surface area contributed by atoms with Crippen LogP contribution >= 0.6 is 0 Å². The fourth-order valence-corrected chi connectivity index (χ4v) is 5.32. The van der Waals surface area contributed by atoms with Crippen LogP contribution in [0.25, 0.3) is 17.0 Å². The first-order chi connectivity index (χ1) is 16.9. The van der Waals surface area contributed by atoms with Crippen molar-refractivity contribution in [3.63, 3.8) is 0 Å². The molecule has 2 unspecified atom stereocenters. The molecule has 4 aliphatic rings. The Morgan fingerprint density at radius 3 is 2.91 bits per heavy atom. The Labute approximate surface area is 203 Å². The van der Waals surface area contributed by atoms with Crippen LogP contribution in [0.2, 0.25) is 0 Å². The fourth-order valence-electron chi connectivity index (χ4n) is 5.32. The molecule has 6 rings (SSSR count). The van der Waals surface area contributed by atoms with Crippen LogP contribution in [-0.4, -0.2) is 67.8 Å². The average Bonchev–Trinajstić information content (AvgIpc) is 3.53. The number of rotatable bonds is 4. The first kappa shape index (κ1) is 22.1. The molecule has 2 fully saturated rings. The summed E-state index contributed by atoms with van der Waals surface area (Å²) in [5.74, 6) is 1.31. The van der Waals surface area contributed by atoms with Gasteiger partial charge in [-0.15, -0.1) is 0 Å². The van der Waals surface area contributed by atoms with Crippen LogP contribution in [0.5, 0.6) is 0 Å². The molecule has 4 N–H and O–H groups in total. The second kappa shape index (κ2) is 8.39. The van der Waals surface area contributed by atoms with Gasteiger partial charge in [-0.2, -0.15) is 0 Å². The molecule has 1 aliphatic carbocycles. The van der Waals surface area contributed by atoms with E-state index in [0.717, 1.165) is 22.4 Å². The van der Waals surface area contributed by atoms with Crippen molar-refractivity contribution in [3.05, 3.63) is 47.5 Å². The topological polar surface area (TPSA) is 126 Å². The summed E-state index contributed by atoms with van der Waals surface area (Å²) < 4.78 is 7.15. The summed E-state index contributed by atoms with van der Waals surface area (Å²) in [4.78, 5) is 33.9. The van der Waals surface area contributed by atoms with Gasteiger partial charge < -0.3 is 30.4 Å². The molecule has 4 heterocycles. The number of hydrogen-bond acceptors (Lipinski definition) is 6. The van der Waals surface area contributed by atoms with Crippen molar-refractivity contribution in [2.75, 3.05) is 13.2 Å². The molecule has 1 aromatic heterocycles. The molecule has 2 aromatic rings. The largest absolute Gasteiger partial charge is 0.395 e. The molecular formula is C25H30N6O4. The Morgan fingerprint density at radius 2 is 2.14 bits per heavy atom. The third kappa shape index (κ3) is 3.86. The summed E-state index contributed by atoms with van der Waals surface area (Å²) in [5, 5.41) is 13.0. The molecule has 0 bridgehead atoms. The Bertz CT molecular complexity index is 1220. The van der Waals surface area contributed by atoms with E-state index in [4.69, 9.17) is 10.5 Å². The van der Waals surface area contributed by atoms with Crippen molar-refractivity contribution in [2.45, 2.75) is 57.6 Å². The lowest BCUT2D eigenvalue weighted by atomic mass is 10.0. The number of carbonyl (C=O) groups is 2. The molecule has 1 aromatic carbocycles. The molecule has 0 radical (unpaired) electrons. The highest BCUT2D eigenvalue weighted by Gasteiger charge is 2.38. The summed E-state index contributed by atoms with van der Waals surface area (Å²) >= 11 is 0. The van der Waals surface area contributed by atoms with E-state index in [1.54, 1.807) is 12.4 Å². The monoisotopic (exact) mass is 478 g/mol. The average molecular weight is 479 g/mol. The number of aliphatic hydroxyl groups excluding tert-OH is 1. The van der Waals surface area contributed by atoms with Gasteiger partial charge in [-0.1, -0.05) is 6.07 Å². The highest BCUT2D eigenvalue weighted by molar-refractivity contribution is 5.99. The second-order valence-electron chi connectivity index (χ2n) is 9.96. The first-order valence-corrected chi connectivity index (χ1v) is 12.2. The van der Waals surface area contributed by atoms with Gasteiger partial charge in [0.1, 0.15) is 6.67 Å². The zero-order valence-corrected chi connectivity index (χ0v) is 19.7. The minimum atomic E-state index is -0.741. The minimum absolute atomic E-state index is 0.103. The van der Waals surface area contributed by atoms with E-state index >= 15 is 0 Å². The van der Waals surface area contributed by atoms with E-state index in [0.29, 0.717) is 37.0 Å². The van der Waals surface area contributed by atoms with Crippen LogP contribution < -0.4 is 11.1 Å². The number of urea groups is 1. The molecule has 1 saturated heterocycles. The summed E-state index contributed by atoms with van der Waals surface area (Å²) in [7, 11) is 0. The zero-order valence-electron chi connectivity index (χ0n) is 19.7. The highest BCUT2D eigenvalue weighted by Crippen LogP contribution is 2.39. The van der Waals surface area contributed by atoms with Crippen molar-refractivity contribution in [2.24, 2.45) is 11.7 Å². The van der Waals surface area contributed by atoms with Crippen LogP contribution in [0.1, 0.15) is 47.9 Å². The molecular weight excluding hydrogens is 448 g/mol. The third-order valence-electron chi connectivity index (χ3n) is 7.63. The molecule has 35 heavy (non-hydrogen) atoms. The number of carbonyl (C=O) groups excluding carboxylic acids is 2. The van der Waals surface area contributed by atoms with Gasteiger partial charge in [0.15, 0.2) is 5.82 Å². The number of ether oxygens (including phenoxy) is 1. The van der Waals surface area contributed by atoms with E-state index in [2.05, 4.69) is 23.3 Å². The van der Waals surface area contributed by atoms with Gasteiger partial charge in [0.25, 0.3) is 5.91 Å². The minimum Gasteiger partial charge on any atom is -0.395 e. The Hall–Kier alpha value is -3.37. The standard InChI is InChI=1S/C25H30N6O4/c1-14(15-2-3-15)30-10-17-8-16(4-5-18(17)24(30)33)21-9-27-23-19(26)11-29(13-31(21)23)25(34)28-20-6-7-35-12-22(20)32/h4-5,8-9,11,14-15,20,22,32H,2-3,6-7,10,12-13,26H2,1H3,(H,28,34)/t14-,20?,22?/m0/s1. The number of nitrogens with zero attached hydrogens (tertiary/aromatic N) is 4. The summed E-state index contributed by atoms with van der Waals surface area (Å²) in [5.41, 5.74) is 10.2. The SMILES string of the molecule is C[C@@H](C1CC1)N1Cc2cc(-c3cnc4n3CN(C(=O)NC3CCOCC3O)C=C4N)ccc2C1=O. The van der Waals surface area contributed by atoms with Crippen molar-refractivity contribution in [3.8, 4) is 11.3 Å². The lowest BCUT2D eigenvalue weighted by Crippen LogP contribution is -2.52. The van der Waals surface area contributed by atoms with Gasteiger partial charge in [0.05, 0.1) is 36.3 Å². The summed E-state index contributed by atoms with van der Waals surface area (Å²) in [6, 6.07) is 5.43. The van der Waals surface area contributed by atoms with E-state index in [1.807, 2.05) is 21.6 Å². The summed E-state index contributed by atoms with van der Waals surface area (Å²) in [6.07, 6.45) is 5.52. The van der Waals surface area contributed by atoms with Crippen molar-refractivity contribution < 1.29 is 19.4 Å². The Kier molecular flexibility index (Phi) is 5.30. The maximum Gasteiger partial charge on any atom is 0.323 e. The normalized spacial score (nSPS) is 24.6. The predicted molar refractivity (Wildman–Crippen MR) is 127 cm³/mol. The van der Waals surface area contributed by atoms with E-state index in [1.165, 1.54) is 17.7 Å². The highest BCUT2D eigenvalue weighted by atomic mass is 16.5. The number of nitrogens with two attached hydrogens (primary N) is 1. The molecule has 1 saturated carbocycles. The smallest absolute Gasteiger partial charge is 0.323 e. The zero-order chi connectivity index (χ0) is 24.3. The Morgan fingerprint density at radius 1 is 1.31 bits per heavy atom. The molecule has 184 valence electrons.